The van der Waals surface area contributed by atoms with Crippen LogP contribution in [0.25, 0.3) is 16.3 Å². The molecule has 2 unspecified atom stereocenters. The predicted octanol–water partition coefficient (Wildman–Crippen LogP) is 4.88. The van der Waals surface area contributed by atoms with Gasteiger partial charge in [0.15, 0.2) is 0 Å². The number of hydrogen-bond donors (Lipinski definition) is 1. The van der Waals surface area contributed by atoms with E-state index >= 15 is 0 Å². The normalized spacial score (nSPS) is 24.2. The first-order chi connectivity index (χ1) is 12.4. The van der Waals surface area contributed by atoms with Gasteiger partial charge < -0.3 is 5.32 Å². The smallest absolute Gasteiger partial charge is 0.261 e. The molecule has 2 nitrogen and oxygen atoms in total. The van der Waals surface area contributed by atoms with Crippen LogP contribution in [0.1, 0.15) is 5.01 Å². The first kappa shape index (κ1) is 16.2. The molecule has 1 aliphatic heterocycles. The van der Waals surface area contributed by atoms with E-state index in [1.807, 2.05) is 23.9 Å². The molecule has 0 saturated carbocycles. The van der Waals surface area contributed by atoms with Gasteiger partial charge in [-0.25, -0.2) is 0 Å². The molecule has 2 atom stereocenters. The molecule has 0 radical (unpaired) electrons. The van der Waals surface area contributed by atoms with Crippen LogP contribution in [0.5, 0.6) is 0 Å². The second-order valence-corrected chi connectivity index (χ2v) is 8.07. The minimum atomic E-state index is 0.436. The van der Waals surface area contributed by atoms with Crippen molar-refractivity contribution in [1.82, 2.24) is 5.32 Å². The lowest BCUT2D eigenvalue weighted by atomic mass is 10.1. The number of aromatic nitrogens is 1. The van der Waals surface area contributed by atoms with Gasteiger partial charge in [-0.05, 0) is 12.1 Å². The van der Waals surface area contributed by atoms with Crippen molar-refractivity contribution in [3.05, 3.63) is 95.1 Å². The Morgan fingerprint density at radius 3 is 2.72 bits per heavy atom. The summed E-state index contributed by atoms with van der Waals surface area (Å²) in [5.41, 5.74) is 1.19. The summed E-state index contributed by atoms with van der Waals surface area (Å²) in [7, 11) is 0. The molecule has 2 N–H and O–H groups in total. The van der Waals surface area contributed by atoms with Crippen LogP contribution < -0.4 is 10.3 Å². The quantitative estimate of drug-likeness (QED) is 0.784. The van der Waals surface area contributed by atoms with Gasteiger partial charge in [0.05, 0.1) is 16.3 Å². The Hall–Kier alpha value is -2.30. The van der Waals surface area contributed by atoms with Gasteiger partial charge in [-0.1, -0.05) is 89.9 Å². The van der Waals surface area contributed by atoms with E-state index < -0.39 is 0 Å². The zero-order valence-electron chi connectivity index (χ0n) is 13.6. The molecular formula is C21H19N2S2+. The first-order valence-electron chi connectivity index (χ1n) is 8.29. The third-order valence-corrected chi connectivity index (χ3v) is 6.23. The number of benzene rings is 1. The average Bonchev–Trinajstić information content (AvgIpc) is 3.23. The SMILES string of the molecule is C1=CC2N/C(=C/C=C/C=C/C=C/c3[nH+]c4ccccc4s3)SC2C=C1. The highest BCUT2D eigenvalue weighted by Crippen LogP contribution is 2.33. The number of nitrogens with one attached hydrogen (secondary N) is 2. The predicted molar refractivity (Wildman–Crippen MR) is 110 cm³/mol. The van der Waals surface area contributed by atoms with Crippen molar-refractivity contribution in [2.45, 2.75) is 11.3 Å². The molecule has 2 aliphatic rings. The van der Waals surface area contributed by atoms with Crippen LogP contribution in [-0.4, -0.2) is 11.3 Å². The molecule has 1 saturated heterocycles. The first-order valence-corrected chi connectivity index (χ1v) is 9.99. The number of aromatic amines is 1. The van der Waals surface area contributed by atoms with E-state index in [1.165, 1.54) is 15.2 Å². The second-order valence-electron chi connectivity index (χ2n) is 5.77. The van der Waals surface area contributed by atoms with E-state index in [9.17, 15) is 0 Å². The van der Waals surface area contributed by atoms with Crippen molar-refractivity contribution >= 4 is 39.4 Å². The Kier molecular flexibility index (Phi) is 5.00. The van der Waals surface area contributed by atoms with Crippen molar-refractivity contribution in [1.29, 1.82) is 0 Å². The Morgan fingerprint density at radius 2 is 1.80 bits per heavy atom. The Labute approximate surface area is 156 Å². The highest BCUT2D eigenvalue weighted by molar-refractivity contribution is 8.04. The number of fused-ring (bicyclic) bond motifs is 2. The average molecular weight is 364 g/mol. The molecular weight excluding hydrogens is 344 g/mol. The van der Waals surface area contributed by atoms with Crippen LogP contribution in [0.15, 0.2) is 90.1 Å². The van der Waals surface area contributed by atoms with Crippen LogP contribution in [-0.2, 0) is 0 Å². The largest absolute Gasteiger partial charge is 0.372 e. The number of allylic oxidation sites excluding steroid dienone is 8. The van der Waals surface area contributed by atoms with Gasteiger partial charge in [-0.15, -0.1) is 0 Å². The van der Waals surface area contributed by atoms with E-state index in [-0.39, 0.29) is 0 Å². The van der Waals surface area contributed by atoms with Crippen molar-refractivity contribution in [2.75, 3.05) is 0 Å². The molecule has 0 bridgehead atoms. The summed E-state index contributed by atoms with van der Waals surface area (Å²) >= 11 is 3.65. The maximum Gasteiger partial charge on any atom is 0.261 e. The molecule has 2 heterocycles. The fraction of sp³-hybridized carbons (Fsp3) is 0.0952. The van der Waals surface area contributed by atoms with Crippen molar-refractivity contribution in [3.8, 4) is 0 Å². The van der Waals surface area contributed by atoms with E-state index in [1.54, 1.807) is 11.3 Å². The second kappa shape index (κ2) is 7.72. The highest BCUT2D eigenvalue weighted by atomic mass is 32.2. The van der Waals surface area contributed by atoms with Gasteiger partial charge in [-0.2, -0.15) is 4.98 Å². The maximum atomic E-state index is 3.52. The Balaban J connectivity index is 1.30. The zero-order valence-corrected chi connectivity index (χ0v) is 15.3. The van der Waals surface area contributed by atoms with E-state index in [0.29, 0.717) is 11.3 Å². The molecule has 0 spiro atoms. The number of H-pyrrole nitrogens is 1. The summed E-state index contributed by atoms with van der Waals surface area (Å²) < 4.78 is 1.28. The van der Waals surface area contributed by atoms with E-state index in [4.69, 9.17) is 0 Å². The standard InChI is InChI=1S/C21H18N2S2/c1(2-4-14-20-22-16-10-6-8-12-18(16)24-20)3-5-15-21-23-17-11-7-9-13-19(17)25-21/h1-16,18,22H/p+1/b3-1+,4-2+,15-5+,20-14-. The minimum Gasteiger partial charge on any atom is -0.372 e. The maximum absolute atomic E-state index is 3.52. The van der Waals surface area contributed by atoms with E-state index in [2.05, 4.69) is 89.3 Å². The molecule has 2 aromatic rings. The van der Waals surface area contributed by atoms with E-state index in [0.717, 1.165) is 5.01 Å². The fourth-order valence-electron chi connectivity index (χ4n) is 2.75. The number of rotatable bonds is 4. The summed E-state index contributed by atoms with van der Waals surface area (Å²) in [4.78, 5) is 3.41. The minimum absolute atomic E-state index is 0.436. The van der Waals surface area contributed by atoms with Gasteiger partial charge in [0.2, 0.25) is 5.52 Å². The molecule has 25 heavy (non-hydrogen) atoms. The van der Waals surface area contributed by atoms with Gasteiger partial charge in [-0.3, -0.25) is 0 Å². The fourth-order valence-corrected chi connectivity index (χ4v) is 4.80. The lowest BCUT2D eigenvalue weighted by Crippen LogP contribution is -2.26. The number of thioether (sulfide) groups is 1. The summed E-state index contributed by atoms with van der Waals surface area (Å²) in [6.45, 7) is 0. The summed E-state index contributed by atoms with van der Waals surface area (Å²) in [5.74, 6) is 0. The van der Waals surface area contributed by atoms with Crippen LogP contribution in [0, 0.1) is 0 Å². The zero-order chi connectivity index (χ0) is 16.9. The van der Waals surface area contributed by atoms with Gasteiger partial charge >= 0.3 is 0 Å². The third-order valence-electron chi connectivity index (χ3n) is 3.96. The summed E-state index contributed by atoms with van der Waals surface area (Å²) in [6, 6.07) is 8.80. The van der Waals surface area contributed by atoms with Crippen molar-refractivity contribution in [2.24, 2.45) is 0 Å². The topological polar surface area (TPSA) is 26.2 Å². The number of para-hydroxylation sites is 1. The van der Waals surface area contributed by atoms with Crippen molar-refractivity contribution < 1.29 is 4.98 Å². The van der Waals surface area contributed by atoms with Gasteiger partial charge in [0.25, 0.3) is 5.01 Å². The molecule has 1 aliphatic carbocycles. The summed E-state index contributed by atoms with van der Waals surface area (Å²) in [6.07, 6.45) is 23.2. The monoisotopic (exact) mass is 363 g/mol. The Bertz CT molecular complexity index is 873. The Morgan fingerprint density at radius 1 is 0.960 bits per heavy atom. The van der Waals surface area contributed by atoms with Crippen LogP contribution in [0.4, 0.5) is 0 Å². The molecule has 1 aromatic carbocycles. The van der Waals surface area contributed by atoms with Crippen LogP contribution in [0.3, 0.4) is 0 Å². The van der Waals surface area contributed by atoms with Gasteiger partial charge in [0.1, 0.15) is 4.70 Å². The molecule has 124 valence electrons. The lowest BCUT2D eigenvalue weighted by Gasteiger charge is -2.12. The molecule has 1 fully saturated rings. The highest BCUT2D eigenvalue weighted by Gasteiger charge is 2.27. The van der Waals surface area contributed by atoms with Crippen LogP contribution in [0.2, 0.25) is 0 Å². The lowest BCUT2D eigenvalue weighted by molar-refractivity contribution is -0.340. The number of hydrogen-bond acceptors (Lipinski definition) is 3. The summed E-state index contributed by atoms with van der Waals surface area (Å²) in [5, 5.41) is 6.44. The molecule has 1 aromatic heterocycles. The molecule has 4 rings (SSSR count). The van der Waals surface area contributed by atoms with Crippen molar-refractivity contribution in [3.63, 3.8) is 0 Å². The molecule has 0 amide bonds. The van der Waals surface area contributed by atoms with Gasteiger partial charge in [0, 0.05) is 12.1 Å². The third kappa shape index (κ3) is 4.03. The molecule has 4 heteroatoms. The number of thiazole rings is 1. The van der Waals surface area contributed by atoms with Crippen LogP contribution >= 0.6 is 23.1 Å².